The molecule has 1 aromatic heterocycles. The maximum absolute atomic E-state index is 12.4. The van der Waals surface area contributed by atoms with E-state index in [1.807, 2.05) is 20.8 Å². The lowest BCUT2D eigenvalue weighted by molar-refractivity contribution is 0.311. The van der Waals surface area contributed by atoms with Gasteiger partial charge in [0.05, 0.1) is 0 Å². The molecule has 2 N–H and O–H groups in total. The van der Waals surface area contributed by atoms with Crippen molar-refractivity contribution in [3.05, 3.63) is 18.0 Å². The first kappa shape index (κ1) is 15.2. The van der Waals surface area contributed by atoms with Crippen molar-refractivity contribution in [2.24, 2.45) is 18.2 Å². The molecule has 0 aromatic carbocycles. The first-order valence-electron chi connectivity index (χ1n) is 5.89. The van der Waals surface area contributed by atoms with Crippen LogP contribution in [0.4, 0.5) is 0 Å². The Hall–Kier alpha value is -0.850. The molecule has 18 heavy (non-hydrogen) atoms. The van der Waals surface area contributed by atoms with Crippen molar-refractivity contribution < 1.29 is 8.42 Å². The zero-order valence-electron chi connectivity index (χ0n) is 11.8. The monoisotopic (exact) mass is 273 g/mol. The molecule has 1 rings (SSSR count). The second-order valence-corrected chi connectivity index (χ2v) is 7.85. The van der Waals surface area contributed by atoms with Gasteiger partial charge in [-0.05, 0) is 11.5 Å². The van der Waals surface area contributed by atoms with Gasteiger partial charge in [0.2, 0.25) is 10.0 Å². The summed E-state index contributed by atoms with van der Waals surface area (Å²) in [7, 11) is -0.0235. The lowest BCUT2D eigenvalue weighted by Gasteiger charge is -2.25. The Balaban J connectivity index is 3.05. The highest BCUT2D eigenvalue weighted by Crippen LogP contribution is 2.22. The number of nitrogens with zero attached hydrogens (tertiary/aromatic N) is 2. The predicted octanol–water partition coefficient (Wildman–Crippen LogP) is 1.15. The number of hydrogen-bond acceptors (Lipinski definition) is 3. The molecule has 0 aliphatic heterocycles. The molecule has 0 fully saturated rings. The van der Waals surface area contributed by atoms with Crippen LogP contribution in [0.15, 0.2) is 17.2 Å². The average molecular weight is 273 g/mol. The van der Waals surface area contributed by atoms with Gasteiger partial charge in [0.15, 0.2) is 0 Å². The van der Waals surface area contributed by atoms with E-state index < -0.39 is 10.0 Å². The predicted molar refractivity (Wildman–Crippen MR) is 72.6 cm³/mol. The maximum atomic E-state index is 12.4. The van der Waals surface area contributed by atoms with Crippen LogP contribution in [0.1, 0.15) is 26.5 Å². The van der Waals surface area contributed by atoms with Crippen molar-refractivity contribution in [2.75, 3.05) is 13.6 Å². The highest BCUT2D eigenvalue weighted by molar-refractivity contribution is 7.89. The van der Waals surface area contributed by atoms with Gasteiger partial charge in [-0.2, -0.15) is 0 Å². The van der Waals surface area contributed by atoms with Crippen molar-refractivity contribution in [3.8, 4) is 0 Å². The first-order chi connectivity index (χ1) is 8.08. The largest absolute Gasteiger partial charge is 0.352 e. The number of aryl methyl sites for hydroxylation is 1. The Morgan fingerprint density at radius 2 is 1.94 bits per heavy atom. The van der Waals surface area contributed by atoms with E-state index in [-0.39, 0.29) is 5.41 Å². The van der Waals surface area contributed by atoms with Crippen LogP contribution in [0.25, 0.3) is 0 Å². The molecule has 0 atom stereocenters. The molecular formula is C12H23N3O2S. The zero-order chi connectivity index (χ0) is 14.1. The summed E-state index contributed by atoms with van der Waals surface area (Å²) in [6.45, 7) is 6.83. The van der Waals surface area contributed by atoms with E-state index >= 15 is 0 Å². The minimum atomic E-state index is -3.43. The van der Waals surface area contributed by atoms with Crippen LogP contribution in [0.5, 0.6) is 0 Å². The Labute approximate surface area is 110 Å². The molecule has 0 saturated heterocycles. The molecular weight excluding hydrogens is 250 g/mol. The quantitative estimate of drug-likeness (QED) is 0.894. The summed E-state index contributed by atoms with van der Waals surface area (Å²) in [5, 5.41) is 0. The summed E-state index contributed by atoms with van der Waals surface area (Å²) < 4.78 is 27.9. The standard InChI is InChI=1S/C12H23N3O2S/c1-12(2,3)9-15(5)18(16,17)11-6-10(7-13)14(4)8-11/h6,8H,7,9,13H2,1-5H3. The van der Waals surface area contributed by atoms with Gasteiger partial charge in [0.25, 0.3) is 0 Å². The van der Waals surface area contributed by atoms with Crippen molar-refractivity contribution in [1.82, 2.24) is 8.87 Å². The molecule has 104 valence electrons. The van der Waals surface area contributed by atoms with E-state index in [2.05, 4.69) is 0 Å². The molecule has 6 heteroatoms. The van der Waals surface area contributed by atoms with Crippen LogP contribution in [0.2, 0.25) is 0 Å². The number of aromatic nitrogens is 1. The normalized spacial score (nSPS) is 13.3. The molecule has 0 spiro atoms. The number of hydrogen-bond donors (Lipinski definition) is 1. The summed E-state index contributed by atoms with van der Waals surface area (Å²) in [6.07, 6.45) is 1.61. The third kappa shape index (κ3) is 3.34. The molecule has 0 saturated carbocycles. The second kappa shape index (κ2) is 5.03. The molecule has 0 aliphatic carbocycles. The SMILES string of the molecule is CN(CC(C)(C)C)S(=O)(=O)c1cc(CN)n(C)c1. The number of nitrogens with two attached hydrogens (primary N) is 1. The van der Waals surface area contributed by atoms with Crippen LogP contribution >= 0.6 is 0 Å². The van der Waals surface area contributed by atoms with Gasteiger partial charge in [-0.3, -0.25) is 0 Å². The van der Waals surface area contributed by atoms with Gasteiger partial charge < -0.3 is 10.3 Å². The van der Waals surface area contributed by atoms with Crippen molar-refractivity contribution in [1.29, 1.82) is 0 Å². The summed E-state index contributed by atoms with van der Waals surface area (Å²) in [4.78, 5) is 0.303. The van der Waals surface area contributed by atoms with Crippen molar-refractivity contribution >= 4 is 10.0 Å². The van der Waals surface area contributed by atoms with Crippen LogP contribution < -0.4 is 5.73 Å². The third-order valence-corrected chi connectivity index (χ3v) is 4.47. The summed E-state index contributed by atoms with van der Waals surface area (Å²) in [5.74, 6) is 0. The fourth-order valence-corrected chi connectivity index (χ4v) is 3.35. The lowest BCUT2D eigenvalue weighted by Crippen LogP contribution is -2.34. The molecule has 5 nitrogen and oxygen atoms in total. The van der Waals surface area contributed by atoms with Gasteiger partial charge in [-0.15, -0.1) is 0 Å². The fraction of sp³-hybridized carbons (Fsp3) is 0.667. The topological polar surface area (TPSA) is 68.3 Å². The van der Waals surface area contributed by atoms with Gasteiger partial charge in [-0.25, -0.2) is 12.7 Å². The van der Waals surface area contributed by atoms with Crippen LogP contribution in [-0.2, 0) is 23.6 Å². The zero-order valence-corrected chi connectivity index (χ0v) is 12.6. The Bertz CT molecular complexity index is 512. The minimum absolute atomic E-state index is 0.0761. The average Bonchev–Trinajstić information content (AvgIpc) is 2.57. The summed E-state index contributed by atoms with van der Waals surface area (Å²) in [6, 6.07) is 1.63. The van der Waals surface area contributed by atoms with Crippen molar-refractivity contribution in [3.63, 3.8) is 0 Å². The van der Waals surface area contributed by atoms with Gasteiger partial charge in [0, 0.05) is 39.1 Å². The minimum Gasteiger partial charge on any atom is -0.352 e. The maximum Gasteiger partial charge on any atom is 0.244 e. The van der Waals surface area contributed by atoms with E-state index in [0.717, 1.165) is 5.69 Å². The summed E-state index contributed by atoms with van der Waals surface area (Å²) in [5.41, 5.74) is 6.28. The van der Waals surface area contributed by atoms with Crippen LogP contribution in [0.3, 0.4) is 0 Å². The molecule has 0 amide bonds. The van der Waals surface area contributed by atoms with Gasteiger partial charge in [0.1, 0.15) is 4.90 Å². The van der Waals surface area contributed by atoms with E-state index in [1.165, 1.54) is 4.31 Å². The first-order valence-corrected chi connectivity index (χ1v) is 7.33. The van der Waals surface area contributed by atoms with E-state index in [1.54, 1.807) is 30.9 Å². The van der Waals surface area contributed by atoms with Crippen LogP contribution in [0, 0.1) is 5.41 Å². The molecule has 1 heterocycles. The molecule has 0 aliphatic rings. The molecule has 0 unspecified atom stereocenters. The molecule has 1 aromatic rings. The van der Waals surface area contributed by atoms with E-state index in [9.17, 15) is 8.42 Å². The lowest BCUT2D eigenvalue weighted by atomic mass is 9.97. The summed E-state index contributed by atoms with van der Waals surface area (Å²) >= 11 is 0. The van der Waals surface area contributed by atoms with Gasteiger partial charge in [-0.1, -0.05) is 20.8 Å². The highest BCUT2D eigenvalue weighted by Gasteiger charge is 2.26. The number of rotatable bonds is 4. The van der Waals surface area contributed by atoms with Crippen molar-refractivity contribution in [2.45, 2.75) is 32.2 Å². The fourth-order valence-electron chi connectivity index (χ4n) is 1.85. The molecule has 0 radical (unpaired) electrons. The Kier molecular flexibility index (Phi) is 4.25. The number of sulfonamides is 1. The van der Waals surface area contributed by atoms with E-state index in [4.69, 9.17) is 5.73 Å². The Morgan fingerprint density at radius 3 is 2.33 bits per heavy atom. The molecule has 0 bridgehead atoms. The van der Waals surface area contributed by atoms with Gasteiger partial charge >= 0.3 is 0 Å². The smallest absolute Gasteiger partial charge is 0.244 e. The highest BCUT2D eigenvalue weighted by atomic mass is 32.2. The van der Waals surface area contributed by atoms with Crippen LogP contribution in [-0.4, -0.2) is 30.9 Å². The third-order valence-electron chi connectivity index (χ3n) is 2.70. The van der Waals surface area contributed by atoms with E-state index in [0.29, 0.717) is 18.0 Å². The Morgan fingerprint density at radius 1 is 1.39 bits per heavy atom. The second-order valence-electron chi connectivity index (χ2n) is 5.80.